The number of nitrogens with one attached hydrogen (secondary N) is 3. The summed E-state index contributed by atoms with van der Waals surface area (Å²) in [5.41, 5.74) is 5.13. The Morgan fingerprint density at radius 1 is 1.06 bits per heavy atom. The van der Waals surface area contributed by atoms with Gasteiger partial charge in [-0.05, 0) is 0 Å². The van der Waals surface area contributed by atoms with E-state index in [1.54, 1.807) is 0 Å². The molecule has 0 aliphatic heterocycles. The van der Waals surface area contributed by atoms with Gasteiger partial charge in [-0.3, -0.25) is 14.4 Å². The first-order chi connectivity index (χ1) is 7.43. The van der Waals surface area contributed by atoms with Gasteiger partial charge in [0, 0.05) is 20.0 Å². The summed E-state index contributed by atoms with van der Waals surface area (Å²) in [4.78, 5) is 32.7. The summed E-state index contributed by atoms with van der Waals surface area (Å²) >= 11 is 4.52. The molecule has 0 saturated carbocycles. The maximum Gasteiger partial charge on any atom is 0.309 e. The van der Waals surface area contributed by atoms with Gasteiger partial charge in [0.25, 0.3) is 0 Å². The lowest BCUT2D eigenvalue weighted by Gasteiger charge is -2.05. The Kier molecular flexibility index (Phi) is 6.77. The van der Waals surface area contributed by atoms with E-state index in [1.807, 2.05) is 0 Å². The van der Waals surface area contributed by atoms with E-state index in [4.69, 9.17) is 5.73 Å². The molecule has 0 aromatic rings. The van der Waals surface area contributed by atoms with Crippen molar-refractivity contribution in [1.82, 2.24) is 16.0 Å². The maximum absolute atomic E-state index is 11.1. The second kappa shape index (κ2) is 7.57. The fourth-order valence-electron chi connectivity index (χ4n) is 0.743. The van der Waals surface area contributed by atoms with Crippen molar-refractivity contribution in [3.8, 4) is 0 Å². The zero-order chi connectivity index (χ0) is 12.6. The normalized spacial score (nSPS) is 9.06. The van der Waals surface area contributed by atoms with Crippen molar-refractivity contribution in [1.29, 1.82) is 0 Å². The monoisotopic (exact) mass is 246 g/mol. The van der Waals surface area contributed by atoms with Crippen LogP contribution in [-0.2, 0) is 14.4 Å². The molecule has 0 rings (SSSR count). The molecule has 0 spiro atoms. The summed E-state index contributed by atoms with van der Waals surface area (Å²) in [6, 6.07) is 0. The minimum absolute atomic E-state index is 0.0206. The molecular formula is C8H14N4O3S. The fourth-order valence-corrected chi connectivity index (χ4v) is 0.815. The summed E-state index contributed by atoms with van der Waals surface area (Å²) in [5, 5.41) is 7.00. The van der Waals surface area contributed by atoms with Crippen LogP contribution in [0.5, 0.6) is 0 Å². The highest BCUT2D eigenvalue weighted by Gasteiger charge is 2.11. The second-order valence-electron chi connectivity index (χ2n) is 2.89. The topological polar surface area (TPSA) is 113 Å². The molecule has 0 bridgehead atoms. The molecule has 0 radical (unpaired) electrons. The molecule has 8 heteroatoms. The smallest absolute Gasteiger partial charge is 0.309 e. The molecule has 0 unspecified atom stereocenters. The minimum atomic E-state index is -0.810. The Hall–Kier alpha value is -1.70. The fraction of sp³-hybridized carbons (Fsp3) is 0.500. The molecule has 0 saturated heterocycles. The molecule has 7 nitrogen and oxygen atoms in total. The third-order valence-corrected chi connectivity index (χ3v) is 1.56. The summed E-state index contributed by atoms with van der Waals surface area (Å²) in [7, 11) is 0. The first-order valence-corrected chi connectivity index (χ1v) is 4.93. The summed E-state index contributed by atoms with van der Waals surface area (Å²) in [6.45, 7) is 1.78. The summed E-state index contributed by atoms with van der Waals surface area (Å²) in [5.74, 6) is -1.80. The number of carbonyl (C=O) groups is 3. The lowest BCUT2D eigenvalue weighted by Crippen LogP contribution is -2.44. The van der Waals surface area contributed by atoms with E-state index in [0.717, 1.165) is 0 Å². The SMILES string of the molecule is CC(=O)NCCNC(=O)C(=O)NCC(N)=S. The zero-order valence-corrected chi connectivity index (χ0v) is 9.65. The van der Waals surface area contributed by atoms with Gasteiger partial charge in [-0.15, -0.1) is 0 Å². The zero-order valence-electron chi connectivity index (χ0n) is 8.83. The highest BCUT2D eigenvalue weighted by atomic mass is 32.1. The van der Waals surface area contributed by atoms with Crippen LogP contribution in [0.4, 0.5) is 0 Å². The number of thiocarbonyl (C=S) groups is 1. The van der Waals surface area contributed by atoms with E-state index >= 15 is 0 Å². The van der Waals surface area contributed by atoms with Gasteiger partial charge >= 0.3 is 11.8 Å². The molecule has 0 aromatic heterocycles. The van der Waals surface area contributed by atoms with Crippen molar-refractivity contribution in [3.63, 3.8) is 0 Å². The van der Waals surface area contributed by atoms with Gasteiger partial charge in [0.05, 0.1) is 11.5 Å². The quantitative estimate of drug-likeness (QED) is 0.246. The summed E-state index contributed by atoms with van der Waals surface area (Å²) in [6.07, 6.45) is 0. The van der Waals surface area contributed by atoms with Crippen molar-refractivity contribution in [2.24, 2.45) is 5.73 Å². The van der Waals surface area contributed by atoms with Crippen molar-refractivity contribution in [2.75, 3.05) is 19.6 Å². The highest BCUT2D eigenvalue weighted by Crippen LogP contribution is 1.70. The van der Waals surface area contributed by atoms with E-state index in [9.17, 15) is 14.4 Å². The van der Waals surface area contributed by atoms with Crippen LogP contribution in [0.2, 0.25) is 0 Å². The Balaban J connectivity index is 3.67. The third-order valence-electron chi connectivity index (χ3n) is 1.41. The van der Waals surface area contributed by atoms with Crippen molar-refractivity contribution >= 4 is 34.9 Å². The molecule has 0 aromatic carbocycles. The Bertz CT molecular complexity index is 306. The molecule has 5 N–H and O–H groups in total. The van der Waals surface area contributed by atoms with E-state index in [-0.39, 0.29) is 30.5 Å². The number of hydrogen-bond donors (Lipinski definition) is 4. The average Bonchev–Trinajstić information content (AvgIpc) is 2.20. The maximum atomic E-state index is 11.1. The lowest BCUT2D eigenvalue weighted by molar-refractivity contribution is -0.139. The molecule has 0 heterocycles. The Morgan fingerprint density at radius 3 is 2.06 bits per heavy atom. The molecule has 0 aliphatic carbocycles. The Morgan fingerprint density at radius 2 is 1.56 bits per heavy atom. The van der Waals surface area contributed by atoms with E-state index in [2.05, 4.69) is 28.2 Å². The molecule has 3 amide bonds. The lowest BCUT2D eigenvalue weighted by atomic mass is 10.5. The second-order valence-corrected chi connectivity index (χ2v) is 3.41. The Labute approximate surface area is 98.1 Å². The van der Waals surface area contributed by atoms with Gasteiger partial charge in [0.2, 0.25) is 5.91 Å². The van der Waals surface area contributed by atoms with E-state index in [0.29, 0.717) is 0 Å². The number of hydrogen-bond acceptors (Lipinski definition) is 4. The van der Waals surface area contributed by atoms with Crippen LogP contribution in [0.25, 0.3) is 0 Å². The number of amides is 3. The van der Waals surface area contributed by atoms with Gasteiger partial charge in [-0.1, -0.05) is 12.2 Å². The van der Waals surface area contributed by atoms with Gasteiger partial charge in [-0.2, -0.15) is 0 Å². The van der Waals surface area contributed by atoms with E-state index < -0.39 is 11.8 Å². The number of rotatable bonds is 5. The average molecular weight is 246 g/mol. The minimum Gasteiger partial charge on any atom is -0.392 e. The molecule has 0 atom stereocenters. The van der Waals surface area contributed by atoms with Crippen LogP contribution in [-0.4, -0.2) is 42.3 Å². The van der Waals surface area contributed by atoms with Gasteiger partial charge < -0.3 is 21.7 Å². The van der Waals surface area contributed by atoms with Gasteiger partial charge in [0.15, 0.2) is 0 Å². The van der Waals surface area contributed by atoms with Crippen LogP contribution in [0.1, 0.15) is 6.92 Å². The van der Waals surface area contributed by atoms with Crippen LogP contribution in [0, 0.1) is 0 Å². The van der Waals surface area contributed by atoms with E-state index in [1.165, 1.54) is 6.92 Å². The van der Waals surface area contributed by atoms with Gasteiger partial charge in [-0.25, -0.2) is 0 Å². The number of carbonyl (C=O) groups excluding carboxylic acids is 3. The molecule has 0 fully saturated rings. The van der Waals surface area contributed by atoms with Crippen molar-refractivity contribution in [3.05, 3.63) is 0 Å². The summed E-state index contributed by atoms with van der Waals surface area (Å²) < 4.78 is 0. The largest absolute Gasteiger partial charge is 0.392 e. The standard InChI is InChI=1S/C8H14N4O3S/c1-5(13)10-2-3-11-7(14)8(15)12-4-6(9)16/h2-4H2,1H3,(H2,9,16)(H,10,13)(H,11,14)(H,12,15). The first kappa shape index (κ1) is 14.3. The first-order valence-electron chi connectivity index (χ1n) is 4.52. The predicted octanol–water partition coefficient (Wildman–Crippen LogP) is -2.36. The third kappa shape index (κ3) is 7.68. The van der Waals surface area contributed by atoms with Gasteiger partial charge in [0.1, 0.15) is 0 Å². The molecule has 16 heavy (non-hydrogen) atoms. The number of nitrogens with two attached hydrogens (primary N) is 1. The van der Waals surface area contributed by atoms with Crippen LogP contribution in [0.15, 0.2) is 0 Å². The van der Waals surface area contributed by atoms with Crippen LogP contribution in [0.3, 0.4) is 0 Å². The molecular weight excluding hydrogens is 232 g/mol. The predicted molar refractivity (Wildman–Crippen MR) is 61.5 cm³/mol. The highest BCUT2D eigenvalue weighted by molar-refractivity contribution is 7.80. The van der Waals surface area contributed by atoms with Crippen LogP contribution >= 0.6 is 12.2 Å². The van der Waals surface area contributed by atoms with Crippen LogP contribution < -0.4 is 21.7 Å². The molecule has 0 aliphatic rings. The molecule has 90 valence electrons. The van der Waals surface area contributed by atoms with Crippen molar-refractivity contribution in [2.45, 2.75) is 6.92 Å². The van der Waals surface area contributed by atoms with Crippen molar-refractivity contribution < 1.29 is 14.4 Å².